The highest BCUT2D eigenvalue weighted by Gasteiger charge is 2.40. The summed E-state index contributed by atoms with van der Waals surface area (Å²) in [4.78, 5) is 27.0. The van der Waals surface area contributed by atoms with Gasteiger partial charge in [-0.25, -0.2) is 4.79 Å². The quantitative estimate of drug-likeness (QED) is 0.790. The fourth-order valence-corrected chi connectivity index (χ4v) is 2.52. The highest BCUT2D eigenvalue weighted by Crippen LogP contribution is 2.33. The van der Waals surface area contributed by atoms with E-state index in [9.17, 15) is 9.59 Å². The summed E-state index contributed by atoms with van der Waals surface area (Å²) < 4.78 is 0. The molecule has 2 N–H and O–H groups in total. The topological polar surface area (TPSA) is 81.1 Å². The Morgan fingerprint density at radius 3 is 2.32 bits per heavy atom. The molecule has 0 radical (unpaired) electrons. The number of urea groups is 1. The fraction of sp³-hybridized carbons (Fsp3) is 0.846. The van der Waals surface area contributed by atoms with E-state index in [1.165, 1.54) is 0 Å². The number of aliphatic hydroxyl groups is 1. The Balaban J connectivity index is 1.93. The van der Waals surface area contributed by atoms with Crippen LogP contribution in [0.25, 0.3) is 0 Å². The van der Waals surface area contributed by atoms with Gasteiger partial charge in [0.1, 0.15) is 0 Å². The van der Waals surface area contributed by atoms with Gasteiger partial charge in [0.05, 0.1) is 12.0 Å². The molecule has 0 atom stereocenters. The summed E-state index contributed by atoms with van der Waals surface area (Å²) in [6.45, 7) is 3.05. The van der Waals surface area contributed by atoms with Crippen molar-refractivity contribution in [2.24, 2.45) is 5.41 Å². The van der Waals surface area contributed by atoms with Crippen molar-refractivity contribution in [1.82, 2.24) is 9.80 Å². The number of hydrogen-bond donors (Lipinski definition) is 2. The zero-order chi connectivity index (χ0) is 14.0. The number of hydrogen-bond acceptors (Lipinski definition) is 3. The van der Waals surface area contributed by atoms with Crippen molar-refractivity contribution in [3.05, 3.63) is 0 Å². The molecule has 108 valence electrons. The molecule has 0 aromatic rings. The van der Waals surface area contributed by atoms with Crippen molar-refractivity contribution in [3.8, 4) is 0 Å². The summed E-state index contributed by atoms with van der Waals surface area (Å²) in [6.07, 6.45) is 3.00. The number of carboxylic acids is 1. The molecule has 1 heterocycles. The zero-order valence-electron chi connectivity index (χ0n) is 11.3. The summed E-state index contributed by atoms with van der Waals surface area (Å²) in [6, 6.07) is 0.219. The molecule has 0 bridgehead atoms. The molecule has 2 aliphatic rings. The maximum Gasteiger partial charge on any atom is 0.320 e. The van der Waals surface area contributed by atoms with Crippen molar-refractivity contribution in [2.75, 3.05) is 26.2 Å². The third kappa shape index (κ3) is 3.00. The first kappa shape index (κ1) is 14.1. The van der Waals surface area contributed by atoms with Gasteiger partial charge in [0, 0.05) is 25.7 Å². The number of rotatable bonds is 4. The van der Waals surface area contributed by atoms with Crippen LogP contribution in [0, 0.1) is 5.41 Å². The van der Waals surface area contributed by atoms with Crippen molar-refractivity contribution < 1.29 is 19.8 Å². The lowest BCUT2D eigenvalue weighted by Gasteiger charge is -2.38. The minimum atomic E-state index is -0.783. The normalized spacial score (nSPS) is 22.1. The van der Waals surface area contributed by atoms with E-state index in [0.717, 1.165) is 12.8 Å². The molecule has 2 amide bonds. The van der Waals surface area contributed by atoms with Gasteiger partial charge < -0.3 is 20.0 Å². The van der Waals surface area contributed by atoms with Gasteiger partial charge in [-0.15, -0.1) is 0 Å². The van der Waals surface area contributed by atoms with Crippen LogP contribution in [0.15, 0.2) is 0 Å². The van der Waals surface area contributed by atoms with Crippen LogP contribution in [0.5, 0.6) is 0 Å². The molecule has 6 heteroatoms. The van der Waals surface area contributed by atoms with Gasteiger partial charge in [0.25, 0.3) is 0 Å². The predicted octanol–water partition coefficient (Wildman–Crippen LogP) is 0.750. The number of carbonyl (C=O) groups excluding carboxylic acids is 1. The number of carboxylic acid groups (broad SMARTS) is 1. The molecule has 2 rings (SSSR count). The first-order valence-electron chi connectivity index (χ1n) is 6.88. The second-order valence-electron chi connectivity index (χ2n) is 5.78. The Kier molecular flexibility index (Phi) is 3.99. The largest absolute Gasteiger partial charge is 0.481 e. The molecule has 0 aromatic heterocycles. The Hall–Kier alpha value is -1.30. The summed E-state index contributed by atoms with van der Waals surface area (Å²) in [5.74, 6) is -0.783. The molecule has 0 spiro atoms. The number of piperidine rings is 1. The van der Waals surface area contributed by atoms with Gasteiger partial charge in [-0.3, -0.25) is 4.79 Å². The van der Waals surface area contributed by atoms with Crippen LogP contribution in [0.4, 0.5) is 4.79 Å². The first-order chi connectivity index (χ1) is 8.98. The van der Waals surface area contributed by atoms with Gasteiger partial charge in [-0.05, 0) is 32.6 Å². The summed E-state index contributed by atoms with van der Waals surface area (Å²) in [7, 11) is 0. The molecule has 0 unspecified atom stereocenters. The van der Waals surface area contributed by atoms with Gasteiger partial charge in [0.2, 0.25) is 0 Å². The Morgan fingerprint density at radius 2 is 1.89 bits per heavy atom. The standard InChI is InChI=1S/C13H22N2O4/c1-13(11(17)18)4-6-14(7-5-13)12(19)15(8-9-16)10-2-3-10/h10,16H,2-9H2,1H3,(H,17,18). The molecule has 1 aliphatic heterocycles. The average molecular weight is 270 g/mol. The fourth-order valence-electron chi connectivity index (χ4n) is 2.52. The number of amides is 2. The number of aliphatic hydroxyl groups excluding tert-OH is 1. The average Bonchev–Trinajstić information content (AvgIpc) is 3.20. The third-order valence-electron chi connectivity index (χ3n) is 4.23. The number of likely N-dealkylation sites (tertiary alicyclic amines) is 1. The van der Waals surface area contributed by atoms with E-state index >= 15 is 0 Å². The molecule has 1 saturated heterocycles. The number of carbonyl (C=O) groups is 2. The SMILES string of the molecule is CC1(C(=O)O)CCN(C(=O)N(CCO)C2CC2)CC1. The van der Waals surface area contributed by atoms with E-state index in [1.54, 1.807) is 16.7 Å². The molecule has 6 nitrogen and oxygen atoms in total. The molecule has 1 aliphatic carbocycles. The van der Waals surface area contributed by atoms with Crippen molar-refractivity contribution in [2.45, 2.75) is 38.6 Å². The Bertz CT molecular complexity index is 360. The van der Waals surface area contributed by atoms with Crippen molar-refractivity contribution in [1.29, 1.82) is 0 Å². The van der Waals surface area contributed by atoms with Crippen LogP contribution in [-0.2, 0) is 4.79 Å². The van der Waals surface area contributed by atoms with Crippen LogP contribution >= 0.6 is 0 Å². The van der Waals surface area contributed by atoms with Gasteiger partial charge >= 0.3 is 12.0 Å². The molecule has 0 aromatic carbocycles. The molecular formula is C13H22N2O4. The maximum atomic E-state index is 12.3. The third-order valence-corrected chi connectivity index (χ3v) is 4.23. The predicted molar refractivity (Wildman–Crippen MR) is 68.8 cm³/mol. The van der Waals surface area contributed by atoms with E-state index in [-0.39, 0.29) is 18.7 Å². The van der Waals surface area contributed by atoms with Crippen LogP contribution in [0.2, 0.25) is 0 Å². The summed E-state index contributed by atoms with van der Waals surface area (Å²) in [5.41, 5.74) is -0.710. The lowest BCUT2D eigenvalue weighted by molar-refractivity contribution is -0.150. The Morgan fingerprint density at radius 1 is 1.32 bits per heavy atom. The monoisotopic (exact) mass is 270 g/mol. The van der Waals surface area contributed by atoms with E-state index < -0.39 is 11.4 Å². The van der Waals surface area contributed by atoms with Crippen LogP contribution in [0.3, 0.4) is 0 Å². The number of nitrogens with zero attached hydrogens (tertiary/aromatic N) is 2. The highest BCUT2D eigenvalue weighted by atomic mass is 16.4. The van der Waals surface area contributed by atoms with Crippen molar-refractivity contribution >= 4 is 12.0 Å². The van der Waals surface area contributed by atoms with Gasteiger partial charge in [-0.2, -0.15) is 0 Å². The summed E-state index contributed by atoms with van der Waals surface area (Å²) >= 11 is 0. The first-order valence-corrected chi connectivity index (χ1v) is 6.88. The Labute approximate surface area is 113 Å². The molecule has 19 heavy (non-hydrogen) atoms. The van der Waals surface area contributed by atoms with Crippen LogP contribution < -0.4 is 0 Å². The van der Waals surface area contributed by atoms with Gasteiger partial charge in [-0.1, -0.05) is 0 Å². The zero-order valence-corrected chi connectivity index (χ0v) is 11.3. The van der Waals surface area contributed by atoms with E-state index in [2.05, 4.69) is 0 Å². The van der Waals surface area contributed by atoms with Gasteiger partial charge in [0.15, 0.2) is 0 Å². The second kappa shape index (κ2) is 5.36. The van der Waals surface area contributed by atoms with Crippen molar-refractivity contribution in [3.63, 3.8) is 0 Å². The van der Waals surface area contributed by atoms with E-state index in [1.807, 2.05) is 0 Å². The van der Waals surface area contributed by atoms with E-state index in [4.69, 9.17) is 10.2 Å². The highest BCUT2D eigenvalue weighted by molar-refractivity contribution is 5.77. The lowest BCUT2D eigenvalue weighted by Crippen LogP contribution is -2.51. The molecule has 1 saturated carbocycles. The smallest absolute Gasteiger partial charge is 0.320 e. The lowest BCUT2D eigenvalue weighted by atomic mass is 9.80. The molecule has 2 fully saturated rings. The molecular weight excluding hydrogens is 248 g/mol. The second-order valence-corrected chi connectivity index (χ2v) is 5.78. The number of aliphatic carboxylic acids is 1. The maximum absolute atomic E-state index is 12.3. The van der Waals surface area contributed by atoms with Crippen LogP contribution in [0.1, 0.15) is 32.6 Å². The van der Waals surface area contributed by atoms with Crippen LogP contribution in [-0.4, -0.2) is 64.3 Å². The minimum absolute atomic E-state index is 0.0249. The summed E-state index contributed by atoms with van der Waals surface area (Å²) in [5, 5.41) is 18.2. The van der Waals surface area contributed by atoms with E-state index in [0.29, 0.717) is 32.5 Å². The minimum Gasteiger partial charge on any atom is -0.481 e.